The molecule has 0 unspecified atom stereocenters. The zero-order valence-corrected chi connectivity index (χ0v) is 11.2. The molecule has 16 heavy (non-hydrogen) atoms. The molecule has 0 radical (unpaired) electrons. The van der Waals surface area contributed by atoms with E-state index in [4.69, 9.17) is 0 Å². The SMILES string of the molecule is CCN(C(=O)c1cc(S)ccc1C)C(C)C. The Bertz CT molecular complexity index is 388. The Hall–Kier alpha value is -0.960. The van der Waals surface area contributed by atoms with Crippen LogP contribution in [0.1, 0.15) is 36.7 Å². The minimum absolute atomic E-state index is 0.0888. The van der Waals surface area contributed by atoms with Gasteiger partial charge in [-0.3, -0.25) is 4.79 Å². The quantitative estimate of drug-likeness (QED) is 0.801. The van der Waals surface area contributed by atoms with E-state index in [0.29, 0.717) is 0 Å². The number of rotatable bonds is 3. The van der Waals surface area contributed by atoms with Crippen molar-refractivity contribution in [3.05, 3.63) is 29.3 Å². The largest absolute Gasteiger partial charge is 0.336 e. The van der Waals surface area contributed by atoms with Crippen molar-refractivity contribution < 1.29 is 4.79 Å². The van der Waals surface area contributed by atoms with E-state index in [-0.39, 0.29) is 11.9 Å². The molecule has 0 saturated heterocycles. The Labute approximate surface area is 103 Å². The molecule has 0 aliphatic heterocycles. The molecule has 0 saturated carbocycles. The van der Waals surface area contributed by atoms with E-state index in [1.807, 2.05) is 50.8 Å². The molecule has 0 heterocycles. The van der Waals surface area contributed by atoms with E-state index >= 15 is 0 Å². The smallest absolute Gasteiger partial charge is 0.254 e. The third-order valence-corrected chi connectivity index (χ3v) is 2.95. The molecule has 1 amide bonds. The highest BCUT2D eigenvalue weighted by molar-refractivity contribution is 7.80. The lowest BCUT2D eigenvalue weighted by atomic mass is 10.1. The van der Waals surface area contributed by atoms with Crippen molar-refractivity contribution in [2.24, 2.45) is 0 Å². The van der Waals surface area contributed by atoms with Crippen LogP contribution in [0.3, 0.4) is 0 Å². The summed E-state index contributed by atoms with van der Waals surface area (Å²) in [5.74, 6) is 0.0888. The summed E-state index contributed by atoms with van der Waals surface area (Å²) in [5, 5.41) is 0. The first-order valence-corrected chi connectivity index (χ1v) is 6.02. The van der Waals surface area contributed by atoms with Gasteiger partial charge in [0.25, 0.3) is 5.91 Å². The van der Waals surface area contributed by atoms with Crippen LogP contribution in [0.2, 0.25) is 0 Å². The van der Waals surface area contributed by atoms with Gasteiger partial charge in [0.2, 0.25) is 0 Å². The maximum atomic E-state index is 12.3. The molecule has 3 heteroatoms. The highest BCUT2D eigenvalue weighted by atomic mass is 32.1. The van der Waals surface area contributed by atoms with Crippen molar-refractivity contribution in [3.8, 4) is 0 Å². The fraction of sp³-hybridized carbons (Fsp3) is 0.462. The number of hydrogen-bond donors (Lipinski definition) is 1. The number of hydrogen-bond acceptors (Lipinski definition) is 2. The van der Waals surface area contributed by atoms with Crippen molar-refractivity contribution >= 4 is 18.5 Å². The standard InChI is InChI=1S/C13H19NOS/c1-5-14(9(2)3)13(15)12-8-11(16)7-6-10(12)4/h6-9,16H,5H2,1-4H3. The molecular weight excluding hydrogens is 218 g/mol. The van der Waals surface area contributed by atoms with Crippen LogP contribution in [0.15, 0.2) is 23.1 Å². The van der Waals surface area contributed by atoms with Crippen molar-refractivity contribution in [2.45, 2.75) is 38.6 Å². The second-order valence-electron chi connectivity index (χ2n) is 4.18. The fourth-order valence-corrected chi connectivity index (χ4v) is 1.94. The second kappa shape index (κ2) is 5.39. The van der Waals surface area contributed by atoms with Crippen molar-refractivity contribution in [1.29, 1.82) is 0 Å². The van der Waals surface area contributed by atoms with Gasteiger partial charge in [-0.15, -0.1) is 12.6 Å². The molecule has 1 aromatic carbocycles. The molecule has 0 fully saturated rings. The van der Waals surface area contributed by atoms with Crippen LogP contribution in [-0.4, -0.2) is 23.4 Å². The van der Waals surface area contributed by atoms with Crippen LogP contribution in [0, 0.1) is 6.92 Å². The molecule has 0 aliphatic rings. The average molecular weight is 237 g/mol. The number of benzene rings is 1. The molecule has 0 aliphatic carbocycles. The van der Waals surface area contributed by atoms with Crippen LogP contribution >= 0.6 is 12.6 Å². The monoisotopic (exact) mass is 237 g/mol. The summed E-state index contributed by atoms with van der Waals surface area (Å²) in [7, 11) is 0. The summed E-state index contributed by atoms with van der Waals surface area (Å²) in [4.78, 5) is 15.0. The van der Waals surface area contributed by atoms with Gasteiger partial charge >= 0.3 is 0 Å². The Morgan fingerprint density at radius 1 is 1.44 bits per heavy atom. The maximum Gasteiger partial charge on any atom is 0.254 e. The first kappa shape index (κ1) is 13.1. The molecule has 0 bridgehead atoms. The minimum Gasteiger partial charge on any atom is -0.336 e. The lowest BCUT2D eigenvalue weighted by Gasteiger charge is -2.26. The summed E-state index contributed by atoms with van der Waals surface area (Å²) in [5.41, 5.74) is 1.75. The molecule has 2 nitrogen and oxygen atoms in total. The lowest BCUT2D eigenvalue weighted by molar-refractivity contribution is 0.0716. The Kier molecular flexibility index (Phi) is 4.42. The molecule has 88 valence electrons. The van der Waals surface area contributed by atoms with E-state index in [1.165, 1.54) is 0 Å². The zero-order chi connectivity index (χ0) is 12.3. The summed E-state index contributed by atoms with van der Waals surface area (Å²) in [6.45, 7) is 8.74. The first-order valence-electron chi connectivity index (χ1n) is 5.58. The number of nitrogens with zero attached hydrogens (tertiary/aromatic N) is 1. The summed E-state index contributed by atoms with van der Waals surface area (Å²) in [6.07, 6.45) is 0. The third kappa shape index (κ3) is 2.79. The van der Waals surface area contributed by atoms with Gasteiger partial charge in [-0.25, -0.2) is 0 Å². The van der Waals surface area contributed by atoms with Crippen LogP contribution in [-0.2, 0) is 0 Å². The summed E-state index contributed by atoms with van der Waals surface area (Å²) < 4.78 is 0. The highest BCUT2D eigenvalue weighted by Gasteiger charge is 2.18. The van der Waals surface area contributed by atoms with Gasteiger partial charge < -0.3 is 4.90 Å². The predicted molar refractivity (Wildman–Crippen MR) is 70.3 cm³/mol. The second-order valence-corrected chi connectivity index (χ2v) is 4.70. The van der Waals surface area contributed by atoms with E-state index in [0.717, 1.165) is 22.6 Å². The number of carbonyl (C=O) groups excluding carboxylic acids is 1. The third-order valence-electron chi connectivity index (χ3n) is 2.68. The van der Waals surface area contributed by atoms with Crippen molar-refractivity contribution in [1.82, 2.24) is 4.90 Å². The Balaban J connectivity index is 3.08. The Morgan fingerprint density at radius 3 is 2.56 bits per heavy atom. The Morgan fingerprint density at radius 2 is 2.06 bits per heavy atom. The minimum atomic E-state index is 0.0888. The molecule has 0 atom stereocenters. The molecule has 0 aromatic heterocycles. The lowest BCUT2D eigenvalue weighted by Crippen LogP contribution is -2.37. The average Bonchev–Trinajstić information content (AvgIpc) is 2.22. The predicted octanol–water partition coefficient (Wildman–Crippen LogP) is 3.15. The van der Waals surface area contributed by atoms with Gasteiger partial charge in [0.05, 0.1) is 0 Å². The van der Waals surface area contributed by atoms with Gasteiger partial charge in [0, 0.05) is 23.0 Å². The molecule has 0 N–H and O–H groups in total. The van der Waals surface area contributed by atoms with Crippen molar-refractivity contribution in [3.63, 3.8) is 0 Å². The topological polar surface area (TPSA) is 20.3 Å². The van der Waals surface area contributed by atoms with Crippen molar-refractivity contribution in [2.75, 3.05) is 6.54 Å². The normalized spacial score (nSPS) is 10.6. The highest BCUT2D eigenvalue weighted by Crippen LogP contribution is 2.17. The fourth-order valence-electron chi connectivity index (χ4n) is 1.74. The molecule has 1 rings (SSSR count). The first-order chi connectivity index (χ1) is 7.47. The van der Waals surface area contributed by atoms with E-state index in [2.05, 4.69) is 12.6 Å². The van der Waals surface area contributed by atoms with Gasteiger partial charge in [-0.1, -0.05) is 6.07 Å². The molecule has 1 aromatic rings. The molecular formula is C13H19NOS. The van der Waals surface area contributed by atoms with Crippen LogP contribution in [0.25, 0.3) is 0 Å². The van der Waals surface area contributed by atoms with Gasteiger partial charge in [-0.2, -0.15) is 0 Å². The number of carbonyl (C=O) groups is 1. The van der Waals surface area contributed by atoms with Gasteiger partial charge in [-0.05, 0) is 45.4 Å². The number of amides is 1. The van der Waals surface area contributed by atoms with Gasteiger partial charge in [0.15, 0.2) is 0 Å². The van der Waals surface area contributed by atoms with Crippen LogP contribution in [0.5, 0.6) is 0 Å². The number of aryl methyl sites for hydroxylation is 1. The van der Waals surface area contributed by atoms with E-state index < -0.39 is 0 Å². The maximum absolute atomic E-state index is 12.3. The van der Waals surface area contributed by atoms with Gasteiger partial charge in [0.1, 0.15) is 0 Å². The van der Waals surface area contributed by atoms with E-state index in [9.17, 15) is 4.79 Å². The van der Waals surface area contributed by atoms with Crippen LogP contribution in [0.4, 0.5) is 0 Å². The van der Waals surface area contributed by atoms with Crippen LogP contribution < -0.4 is 0 Å². The van der Waals surface area contributed by atoms with E-state index in [1.54, 1.807) is 0 Å². The summed E-state index contributed by atoms with van der Waals surface area (Å²) >= 11 is 4.27. The molecule has 0 spiro atoms. The summed E-state index contributed by atoms with van der Waals surface area (Å²) in [6, 6.07) is 5.90. The zero-order valence-electron chi connectivity index (χ0n) is 10.3. The number of thiol groups is 1.